The maximum Gasteiger partial charge on any atom is 0.253 e. The van der Waals surface area contributed by atoms with Gasteiger partial charge in [0.2, 0.25) is 0 Å². The standard InChI is InChI=1S/C17H20N2O2/c1-19(15-10-6-3-7-11-15)13-12-18-17(21)16(20)14-8-4-2-5-9-14/h2-11,16,20H,12-13H2,1H3,(H,18,21). The normalized spacial score (nSPS) is 11.7. The van der Waals surface area contributed by atoms with Gasteiger partial charge in [0.05, 0.1) is 0 Å². The summed E-state index contributed by atoms with van der Waals surface area (Å²) in [6.07, 6.45) is -1.12. The zero-order valence-electron chi connectivity index (χ0n) is 12.1. The molecule has 2 N–H and O–H groups in total. The molecular weight excluding hydrogens is 264 g/mol. The van der Waals surface area contributed by atoms with E-state index in [1.54, 1.807) is 24.3 Å². The molecule has 0 heterocycles. The Bertz CT molecular complexity index is 558. The topological polar surface area (TPSA) is 52.6 Å². The molecule has 0 aliphatic heterocycles. The van der Waals surface area contributed by atoms with Crippen molar-refractivity contribution in [2.75, 3.05) is 25.0 Å². The van der Waals surface area contributed by atoms with Gasteiger partial charge in [-0.25, -0.2) is 0 Å². The third kappa shape index (κ3) is 4.33. The van der Waals surface area contributed by atoms with Crippen LogP contribution in [0.5, 0.6) is 0 Å². The Kier molecular flexibility index (Phi) is 5.35. The van der Waals surface area contributed by atoms with Crippen molar-refractivity contribution in [3.8, 4) is 0 Å². The minimum Gasteiger partial charge on any atom is -0.378 e. The second-order valence-corrected chi connectivity index (χ2v) is 4.86. The van der Waals surface area contributed by atoms with E-state index in [0.29, 0.717) is 18.7 Å². The molecule has 4 nitrogen and oxygen atoms in total. The molecule has 2 rings (SSSR count). The number of hydrogen-bond donors (Lipinski definition) is 2. The molecular formula is C17H20N2O2. The average molecular weight is 284 g/mol. The Hall–Kier alpha value is -2.33. The molecule has 1 amide bonds. The van der Waals surface area contributed by atoms with Gasteiger partial charge in [0, 0.05) is 25.8 Å². The molecule has 0 bridgehead atoms. The summed E-state index contributed by atoms with van der Waals surface area (Å²) in [5.41, 5.74) is 1.70. The lowest BCUT2D eigenvalue weighted by Gasteiger charge is -2.20. The summed E-state index contributed by atoms with van der Waals surface area (Å²) in [4.78, 5) is 13.9. The molecule has 2 aromatic rings. The lowest BCUT2D eigenvalue weighted by molar-refractivity contribution is -0.129. The number of anilines is 1. The number of hydrogen-bond acceptors (Lipinski definition) is 3. The first kappa shape index (κ1) is 15.1. The van der Waals surface area contributed by atoms with Crippen LogP contribution in [0.4, 0.5) is 5.69 Å². The van der Waals surface area contributed by atoms with E-state index in [1.165, 1.54) is 0 Å². The first-order chi connectivity index (χ1) is 10.2. The number of aliphatic hydroxyl groups is 1. The Labute approximate surface area is 125 Å². The van der Waals surface area contributed by atoms with E-state index in [-0.39, 0.29) is 5.91 Å². The van der Waals surface area contributed by atoms with Gasteiger partial charge in [-0.2, -0.15) is 0 Å². The zero-order chi connectivity index (χ0) is 15.1. The van der Waals surface area contributed by atoms with Crippen LogP contribution < -0.4 is 10.2 Å². The predicted octanol–water partition coefficient (Wildman–Crippen LogP) is 1.97. The number of carbonyl (C=O) groups is 1. The molecule has 21 heavy (non-hydrogen) atoms. The maximum absolute atomic E-state index is 11.9. The Morgan fingerprint density at radius 3 is 2.29 bits per heavy atom. The largest absolute Gasteiger partial charge is 0.378 e. The summed E-state index contributed by atoms with van der Waals surface area (Å²) in [5.74, 6) is -0.373. The number of para-hydroxylation sites is 1. The number of nitrogens with zero attached hydrogens (tertiary/aromatic N) is 1. The van der Waals surface area contributed by atoms with Gasteiger partial charge in [-0.1, -0.05) is 48.5 Å². The van der Waals surface area contributed by atoms with Gasteiger partial charge in [-0.05, 0) is 17.7 Å². The predicted molar refractivity (Wildman–Crippen MR) is 84.1 cm³/mol. The van der Waals surface area contributed by atoms with Crippen LogP contribution in [-0.2, 0) is 4.79 Å². The highest BCUT2D eigenvalue weighted by atomic mass is 16.3. The van der Waals surface area contributed by atoms with Crippen molar-refractivity contribution in [3.63, 3.8) is 0 Å². The molecule has 0 aliphatic rings. The fourth-order valence-electron chi connectivity index (χ4n) is 2.04. The molecule has 1 unspecified atom stereocenters. The molecule has 0 aliphatic carbocycles. The van der Waals surface area contributed by atoms with Crippen LogP contribution in [0.15, 0.2) is 60.7 Å². The quantitative estimate of drug-likeness (QED) is 0.853. The lowest BCUT2D eigenvalue weighted by atomic mass is 10.1. The number of benzene rings is 2. The van der Waals surface area contributed by atoms with Crippen LogP contribution in [-0.4, -0.2) is 31.2 Å². The molecule has 0 saturated heterocycles. The first-order valence-electron chi connectivity index (χ1n) is 6.95. The summed E-state index contributed by atoms with van der Waals surface area (Å²) in [6, 6.07) is 18.9. The van der Waals surface area contributed by atoms with Crippen molar-refractivity contribution < 1.29 is 9.90 Å². The smallest absolute Gasteiger partial charge is 0.253 e. The first-order valence-corrected chi connectivity index (χ1v) is 6.95. The minimum atomic E-state index is -1.12. The second-order valence-electron chi connectivity index (χ2n) is 4.86. The fraction of sp³-hybridized carbons (Fsp3) is 0.235. The summed E-state index contributed by atoms with van der Waals surface area (Å²) < 4.78 is 0. The molecule has 0 radical (unpaired) electrons. The zero-order valence-corrected chi connectivity index (χ0v) is 12.1. The highest BCUT2D eigenvalue weighted by Gasteiger charge is 2.16. The maximum atomic E-state index is 11.9. The summed E-state index contributed by atoms with van der Waals surface area (Å²) in [6.45, 7) is 1.16. The van der Waals surface area contributed by atoms with Crippen LogP contribution in [0, 0.1) is 0 Å². The van der Waals surface area contributed by atoms with Crippen molar-refractivity contribution in [3.05, 3.63) is 66.2 Å². The van der Waals surface area contributed by atoms with E-state index in [0.717, 1.165) is 5.69 Å². The minimum absolute atomic E-state index is 0.373. The van der Waals surface area contributed by atoms with Crippen LogP contribution in [0.3, 0.4) is 0 Å². The molecule has 0 spiro atoms. The third-order valence-corrected chi connectivity index (χ3v) is 3.31. The van der Waals surface area contributed by atoms with E-state index >= 15 is 0 Å². The molecule has 110 valence electrons. The van der Waals surface area contributed by atoms with E-state index < -0.39 is 6.10 Å². The van der Waals surface area contributed by atoms with Crippen LogP contribution in [0.2, 0.25) is 0 Å². The number of amides is 1. The van der Waals surface area contributed by atoms with E-state index in [1.807, 2.05) is 43.4 Å². The van der Waals surface area contributed by atoms with Crippen LogP contribution in [0.1, 0.15) is 11.7 Å². The van der Waals surface area contributed by atoms with Crippen molar-refractivity contribution in [1.29, 1.82) is 0 Å². The van der Waals surface area contributed by atoms with E-state index in [9.17, 15) is 9.90 Å². The van der Waals surface area contributed by atoms with Crippen LogP contribution in [0.25, 0.3) is 0 Å². The van der Waals surface area contributed by atoms with E-state index in [2.05, 4.69) is 10.2 Å². The Morgan fingerprint density at radius 1 is 1.10 bits per heavy atom. The Balaban J connectivity index is 1.79. The SMILES string of the molecule is CN(CCNC(=O)C(O)c1ccccc1)c1ccccc1. The molecule has 0 fully saturated rings. The fourth-order valence-corrected chi connectivity index (χ4v) is 2.04. The molecule has 0 aromatic heterocycles. The van der Waals surface area contributed by atoms with Gasteiger partial charge < -0.3 is 15.3 Å². The van der Waals surface area contributed by atoms with Crippen molar-refractivity contribution >= 4 is 11.6 Å². The molecule has 1 atom stereocenters. The second kappa shape index (κ2) is 7.45. The van der Waals surface area contributed by atoms with E-state index in [4.69, 9.17) is 0 Å². The van der Waals surface area contributed by atoms with Crippen molar-refractivity contribution in [1.82, 2.24) is 5.32 Å². The number of nitrogens with one attached hydrogen (secondary N) is 1. The van der Waals surface area contributed by atoms with Crippen molar-refractivity contribution in [2.45, 2.75) is 6.10 Å². The van der Waals surface area contributed by atoms with Gasteiger partial charge in [0.15, 0.2) is 6.10 Å². The summed E-state index contributed by atoms with van der Waals surface area (Å²) >= 11 is 0. The third-order valence-electron chi connectivity index (χ3n) is 3.31. The number of aliphatic hydroxyl groups excluding tert-OH is 1. The van der Waals surface area contributed by atoms with Crippen LogP contribution >= 0.6 is 0 Å². The summed E-state index contributed by atoms with van der Waals surface area (Å²) in [5, 5.41) is 12.7. The van der Waals surface area contributed by atoms with Gasteiger partial charge in [0.25, 0.3) is 5.91 Å². The highest BCUT2D eigenvalue weighted by Crippen LogP contribution is 2.12. The number of carbonyl (C=O) groups excluding carboxylic acids is 1. The van der Waals surface area contributed by atoms with Gasteiger partial charge in [-0.3, -0.25) is 4.79 Å². The summed E-state index contributed by atoms with van der Waals surface area (Å²) in [7, 11) is 1.97. The Morgan fingerprint density at radius 2 is 1.67 bits per heavy atom. The molecule has 2 aromatic carbocycles. The number of likely N-dealkylation sites (N-methyl/N-ethyl adjacent to an activating group) is 1. The lowest BCUT2D eigenvalue weighted by Crippen LogP contribution is -2.35. The molecule has 4 heteroatoms. The van der Waals surface area contributed by atoms with Gasteiger partial charge in [-0.15, -0.1) is 0 Å². The van der Waals surface area contributed by atoms with Crippen molar-refractivity contribution in [2.24, 2.45) is 0 Å². The number of rotatable bonds is 6. The monoisotopic (exact) mass is 284 g/mol. The average Bonchev–Trinajstić information content (AvgIpc) is 2.55. The van der Waals surface area contributed by atoms with Gasteiger partial charge >= 0.3 is 0 Å². The van der Waals surface area contributed by atoms with Gasteiger partial charge in [0.1, 0.15) is 0 Å². The highest BCUT2D eigenvalue weighted by molar-refractivity contribution is 5.81. The molecule has 0 saturated carbocycles.